The second kappa shape index (κ2) is 4.28. The molecule has 0 aliphatic carbocycles. The highest BCUT2D eigenvalue weighted by atomic mass is 32.1. The van der Waals surface area contributed by atoms with Crippen LogP contribution in [0.4, 0.5) is 0 Å². The molecule has 0 amide bonds. The van der Waals surface area contributed by atoms with Gasteiger partial charge in [0.15, 0.2) is 4.80 Å². The number of thiazole rings is 1. The van der Waals surface area contributed by atoms with E-state index in [9.17, 15) is 0 Å². The molecule has 1 aromatic rings. The number of nitrogens with zero attached hydrogens (tertiary/aromatic N) is 1. The van der Waals surface area contributed by atoms with Gasteiger partial charge in [-0.25, -0.2) is 0 Å². The molecule has 3 nitrogen and oxygen atoms in total. The molecule has 4 heteroatoms. The lowest BCUT2D eigenvalue weighted by atomic mass is 10.0. The lowest BCUT2D eigenvalue weighted by Gasteiger charge is -2.22. The topological polar surface area (TPSA) is 38.0 Å². The summed E-state index contributed by atoms with van der Waals surface area (Å²) in [6.07, 6.45) is 4.48. The maximum absolute atomic E-state index is 7.75. The van der Waals surface area contributed by atoms with Crippen LogP contribution in [0.5, 0.6) is 0 Å². The lowest BCUT2D eigenvalue weighted by Crippen LogP contribution is -2.25. The Kier molecular flexibility index (Phi) is 3.03. The fourth-order valence-electron chi connectivity index (χ4n) is 1.88. The van der Waals surface area contributed by atoms with Gasteiger partial charge in [0.05, 0.1) is 6.61 Å². The van der Waals surface area contributed by atoms with Gasteiger partial charge in [0, 0.05) is 30.1 Å². The van der Waals surface area contributed by atoms with Crippen LogP contribution in [-0.4, -0.2) is 17.8 Å². The van der Waals surface area contributed by atoms with Gasteiger partial charge < -0.3 is 9.30 Å². The number of aromatic nitrogens is 1. The van der Waals surface area contributed by atoms with Crippen molar-refractivity contribution in [1.82, 2.24) is 4.57 Å². The first-order valence-electron chi connectivity index (χ1n) is 5.05. The van der Waals surface area contributed by atoms with E-state index in [0.717, 1.165) is 19.8 Å². The molecular formula is C10H16N2OS. The van der Waals surface area contributed by atoms with Crippen molar-refractivity contribution in [3.8, 4) is 0 Å². The highest BCUT2D eigenvalue weighted by Gasteiger charge is 2.14. The summed E-state index contributed by atoms with van der Waals surface area (Å²) in [6, 6.07) is 0. The minimum atomic E-state index is 0.604. The molecular weight excluding hydrogens is 196 g/mol. The minimum Gasteiger partial charge on any atom is -0.381 e. The normalized spacial score (nSPS) is 22.5. The maximum Gasteiger partial charge on any atom is 0.182 e. The Hall–Kier alpha value is -0.610. The van der Waals surface area contributed by atoms with Crippen LogP contribution in [0.2, 0.25) is 0 Å². The molecule has 0 aromatic carbocycles. The van der Waals surface area contributed by atoms with Gasteiger partial charge in [-0.15, -0.1) is 11.3 Å². The summed E-state index contributed by atoms with van der Waals surface area (Å²) in [4.78, 5) is 1.87. The molecule has 1 unspecified atom stereocenters. The monoisotopic (exact) mass is 212 g/mol. The molecule has 1 aromatic heterocycles. The van der Waals surface area contributed by atoms with E-state index in [1.807, 2.05) is 4.57 Å². The van der Waals surface area contributed by atoms with Crippen LogP contribution in [0.25, 0.3) is 0 Å². The van der Waals surface area contributed by atoms with Crippen molar-refractivity contribution in [2.45, 2.75) is 26.3 Å². The van der Waals surface area contributed by atoms with E-state index in [1.165, 1.54) is 17.7 Å². The summed E-state index contributed by atoms with van der Waals surface area (Å²) in [5.74, 6) is 0.604. The highest BCUT2D eigenvalue weighted by molar-refractivity contribution is 7.09. The standard InChI is InChI=1S/C10H16N2OS/c1-8-5-12(10(11)14-8)6-9-3-2-4-13-7-9/h5,9,11H,2-4,6-7H2,1H3. The molecule has 0 radical (unpaired) electrons. The Balaban J connectivity index is 2.02. The Labute approximate surface area is 87.8 Å². The molecule has 1 fully saturated rings. The summed E-state index contributed by atoms with van der Waals surface area (Å²) in [7, 11) is 0. The molecule has 2 rings (SSSR count). The second-order valence-electron chi connectivity index (χ2n) is 3.88. The molecule has 0 spiro atoms. The van der Waals surface area contributed by atoms with Crippen LogP contribution in [0.15, 0.2) is 6.20 Å². The fourth-order valence-corrected chi connectivity index (χ4v) is 2.61. The first-order valence-corrected chi connectivity index (χ1v) is 5.86. The maximum atomic E-state index is 7.75. The van der Waals surface area contributed by atoms with Gasteiger partial charge in [0.1, 0.15) is 0 Å². The molecule has 78 valence electrons. The number of aryl methyl sites for hydroxylation is 1. The molecule has 1 N–H and O–H groups in total. The van der Waals surface area contributed by atoms with E-state index in [1.54, 1.807) is 11.3 Å². The third kappa shape index (κ3) is 2.25. The SMILES string of the molecule is Cc1cn(CC2CCCOC2)c(=N)s1. The van der Waals surface area contributed by atoms with Gasteiger partial charge in [-0.2, -0.15) is 0 Å². The average Bonchev–Trinajstić information content (AvgIpc) is 2.47. The molecule has 1 aliphatic rings. The quantitative estimate of drug-likeness (QED) is 0.797. The zero-order chi connectivity index (χ0) is 9.97. The molecule has 1 atom stereocenters. The van der Waals surface area contributed by atoms with Gasteiger partial charge in [-0.05, 0) is 19.8 Å². The zero-order valence-electron chi connectivity index (χ0n) is 8.45. The average molecular weight is 212 g/mol. The van der Waals surface area contributed by atoms with Crippen molar-refractivity contribution < 1.29 is 4.74 Å². The second-order valence-corrected chi connectivity index (χ2v) is 5.12. The molecule has 0 bridgehead atoms. The van der Waals surface area contributed by atoms with Crippen molar-refractivity contribution >= 4 is 11.3 Å². The van der Waals surface area contributed by atoms with Crippen molar-refractivity contribution in [1.29, 1.82) is 5.41 Å². The van der Waals surface area contributed by atoms with E-state index in [-0.39, 0.29) is 0 Å². The van der Waals surface area contributed by atoms with Crippen molar-refractivity contribution in [2.24, 2.45) is 5.92 Å². The summed E-state index contributed by atoms with van der Waals surface area (Å²) >= 11 is 1.55. The van der Waals surface area contributed by atoms with Gasteiger partial charge in [-0.1, -0.05) is 0 Å². The zero-order valence-corrected chi connectivity index (χ0v) is 9.27. The van der Waals surface area contributed by atoms with E-state index in [4.69, 9.17) is 10.1 Å². The predicted molar refractivity (Wildman–Crippen MR) is 56.4 cm³/mol. The predicted octanol–water partition coefficient (Wildman–Crippen LogP) is 1.76. The van der Waals surface area contributed by atoms with Crippen molar-refractivity contribution in [3.63, 3.8) is 0 Å². The minimum absolute atomic E-state index is 0.604. The first-order chi connectivity index (χ1) is 6.75. The number of ether oxygens (including phenoxy) is 1. The van der Waals surface area contributed by atoms with Crippen LogP contribution in [0, 0.1) is 18.3 Å². The third-order valence-electron chi connectivity index (χ3n) is 2.57. The number of rotatable bonds is 2. The van der Waals surface area contributed by atoms with Gasteiger partial charge in [0.2, 0.25) is 0 Å². The largest absolute Gasteiger partial charge is 0.381 e. The smallest absolute Gasteiger partial charge is 0.182 e. The first kappa shape index (κ1) is 9.93. The van der Waals surface area contributed by atoms with Gasteiger partial charge in [0.25, 0.3) is 0 Å². The Bertz CT molecular complexity index is 349. The third-order valence-corrected chi connectivity index (χ3v) is 3.42. The molecule has 14 heavy (non-hydrogen) atoms. The lowest BCUT2D eigenvalue weighted by molar-refractivity contribution is 0.0480. The summed E-state index contributed by atoms with van der Waals surface area (Å²) in [5.41, 5.74) is 0. The Morgan fingerprint density at radius 3 is 3.14 bits per heavy atom. The summed E-state index contributed by atoms with van der Waals surface area (Å²) in [6.45, 7) is 4.78. The van der Waals surface area contributed by atoms with Crippen molar-refractivity contribution in [2.75, 3.05) is 13.2 Å². The molecule has 1 aliphatic heterocycles. The van der Waals surface area contributed by atoms with Gasteiger partial charge >= 0.3 is 0 Å². The summed E-state index contributed by atoms with van der Waals surface area (Å²) in [5, 5.41) is 7.75. The molecule has 1 saturated heterocycles. The molecule has 2 heterocycles. The summed E-state index contributed by atoms with van der Waals surface area (Å²) < 4.78 is 7.47. The van der Waals surface area contributed by atoms with Crippen molar-refractivity contribution in [3.05, 3.63) is 15.9 Å². The van der Waals surface area contributed by atoms with Crippen LogP contribution < -0.4 is 4.80 Å². The van der Waals surface area contributed by atoms with E-state index < -0.39 is 0 Å². The van der Waals surface area contributed by atoms with Crippen LogP contribution >= 0.6 is 11.3 Å². The number of nitrogens with one attached hydrogen (secondary N) is 1. The highest BCUT2D eigenvalue weighted by Crippen LogP contribution is 2.15. The Morgan fingerprint density at radius 1 is 1.71 bits per heavy atom. The van der Waals surface area contributed by atoms with Crippen LogP contribution in [0.3, 0.4) is 0 Å². The van der Waals surface area contributed by atoms with E-state index >= 15 is 0 Å². The van der Waals surface area contributed by atoms with E-state index in [0.29, 0.717) is 10.7 Å². The number of hydrogen-bond donors (Lipinski definition) is 1. The number of hydrogen-bond acceptors (Lipinski definition) is 3. The van der Waals surface area contributed by atoms with Crippen LogP contribution in [0.1, 0.15) is 17.7 Å². The van der Waals surface area contributed by atoms with E-state index in [2.05, 4.69) is 13.1 Å². The van der Waals surface area contributed by atoms with Crippen LogP contribution in [-0.2, 0) is 11.3 Å². The fraction of sp³-hybridized carbons (Fsp3) is 0.700. The Morgan fingerprint density at radius 2 is 2.57 bits per heavy atom. The molecule has 0 saturated carbocycles. The van der Waals surface area contributed by atoms with Gasteiger partial charge in [-0.3, -0.25) is 5.41 Å².